The predicted octanol–water partition coefficient (Wildman–Crippen LogP) is 2.71. The molecule has 0 unspecified atom stereocenters. The number of nitrogens with zero attached hydrogens (tertiary/aromatic N) is 2. The molecule has 1 aliphatic rings. The highest BCUT2D eigenvalue weighted by atomic mass is 79.9. The van der Waals surface area contributed by atoms with Crippen molar-refractivity contribution in [3.8, 4) is 0 Å². The Labute approximate surface area is 114 Å². The largest absolute Gasteiger partial charge is 0.390 e. The number of nitro benzene ring substituents is 1. The minimum Gasteiger partial charge on any atom is -0.390 e. The van der Waals surface area contributed by atoms with Gasteiger partial charge >= 0.3 is 0 Å². The second-order valence-electron chi connectivity index (χ2n) is 4.87. The molecule has 0 saturated carbocycles. The molecule has 1 aromatic rings. The fourth-order valence-electron chi connectivity index (χ4n) is 2.13. The van der Waals surface area contributed by atoms with Crippen molar-refractivity contribution in [1.82, 2.24) is 0 Å². The number of halogens is 1. The first-order chi connectivity index (χ1) is 8.39. The summed E-state index contributed by atoms with van der Waals surface area (Å²) in [7, 11) is 0. The van der Waals surface area contributed by atoms with E-state index in [1.54, 1.807) is 19.1 Å². The maximum Gasteiger partial charge on any atom is 0.292 e. The number of piperidine rings is 1. The van der Waals surface area contributed by atoms with Crippen molar-refractivity contribution in [3.05, 3.63) is 32.8 Å². The molecule has 98 valence electrons. The molecule has 6 heteroatoms. The topological polar surface area (TPSA) is 66.6 Å². The van der Waals surface area contributed by atoms with Crippen LogP contribution in [0.1, 0.15) is 19.8 Å². The van der Waals surface area contributed by atoms with E-state index in [0.717, 1.165) is 4.47 Å². The van der Waals surface area contributed by atoms with Crippen LogP contribution in [-0.4, -0.2) is 28.7 Å². The summed E-state index contributed by atoms with van der Waals surface area (Å²) in [6.45, 7) is 3.06. The molecular weight excluding hydrogens is 300 g/mol. The Morgan fingerprint density at radius 2 is 2.06 bits per heavy atom. The van der Waals surface area contributed by atoms with Crippen LogP contribution in [0.2, 0.25) is 0 Å². The molecular formula is C12H15BrN2O3. The lowest BCUT2D eigenvalue weighted by Gasteiger charge is -2.36. The Morgan fingerprint density at radius 1 is 1.44 bits per heavy atom. The third kappa shape index (κ3) is 2.81. The molecule has 5 nitrogen and oxygen atoms in total. The Hall–Kier alpha value is -1.14. The molecule has 18 heavy (non-hydrogen) atoms. The van der Waals surface area contributed by atoms with E-state index in [9.17, 15) is 15.2 Å². The summed E-state index contributed by atoms with van der Waals surface area (Å²) in [5.74, 6) is 0. The van der Waals surface area contributed by atoms with Gasteiger partial charge in [-0.15, -0.1) is 0 Å². The SMILES string of the molecule is CC1(O)CCN(c2cc(Br)ccc2[N+](=O)[O-])CC1. The van der Waals surface area contributed by atoms with Gasteiger partial charge in [-0.05, 0) is 31.9 Å². The van der Waals surface area contributed by atoms with Crippen LogP contribution in [0.15, 0.2) is 22.7 Å². The van der Waals surface area contributed by atoms with E-state index in [1.165, 1.54) is 6.07 Å². The van der Waals surface area contributed by atoms with E-state index in [0.29, 0.717) is 31.6 Å². The Kier molecular flexibility index (Phi) is 3.59. The van der Waals surface area contributed by atoms with Gasteiger partial charge in [0.15, 0.2) is 0 Å². The minimum absolute atomic E-state index is 0.111. The predicted molar refractivity (Wildman–Crippen MR) is 72.9 cm³/mol. The van der Waals surface area contributed by atoms with Gasteiger partial charge in [-0.1, -0.05) is 15.9 Å². The molecule has 0 spiro atoms. The molecule has 2 rings (SSSR count). The summed E-state index contributed by atoms with van der Waals surface area (Å²) >= 11 is 3.34. The average Bonchev–Trinajstić information content (AvgIpc) is 2.28. The van der Waals surface area contributed by atoms with Crippen LogP contribution in [0.25, 0.3) is 0 Å². The lowest BCUT2D eigenvalue weighted by atomic mass is 9.93. The summed E-state index contributed by atoms with van der Waals surface area (Å²) in [5.41, 5.74) is 0.0710. The van der Waals surface area contributed by atoms with Crippen molar-refractivity contribution >= 4 is 27.3 Å². The lowest BCUT2D eigenvalue weighted by Crippen LogP contribution is -2.42. The Morgan fingerprint density at radius 3 is 2.61 bits per heavy atom. The third-order valence-corrected chi connectivity index (χ3v) is 3.81. The van der Waals surface area contributed by atoms with Gasteiger partial charge in [-0.3, -0.25) is 10.1 Å². The third-order valence-electron chi connectivity index (χ3n) is 3.32. The molecule has 1 fully saturated rings. The summed E-state index contributed by atoms with van der Waals surface area (Å²) in [5, 5.41) is 20.9. The first-order valence-electron chi connectivity index (χ1n) is 5.80. The molecule has 1 heterocycles. The number of hydrogen-bond acceptors (Lipinski definition) is 4. The van der Waals surface area contributed by atoms with Crippen LogP contribution in [0.5, 0.6) is 0 Å². The molecule has 0 bridgehead atoms. The summed E-state index contributed by atoms with van der Waals surface area (Å²) in [6.07, 6.45) is 1.24. The van der Waals surface area contributed by atoms with Crippen LogP contribution in [0.3, 0.4) is 0 Å². The monoisotopic (exact) mass is 314 g/mol. The maximum absolute atomic E-state index is 11.0. The van der Waals surface area contributed by atoms with Crippen molar-refractivity contribution in [1.29, 1.82) is 0 Å². The average molecular weight is 315 g/mol. The molecule has 1 N–H and O–H groups in total. The highest BCUT2D eigenvalue weighted by molar-refractivity contribution is 9.10. The van der Waals surface area contributed by atoms with E-state index in [1.807, 2.05) is 4.90 Å². The second kappa shape index (κ2) is 4.85. The highest BCUT2D eigenvalue weighted by Crippen LogP contribution is 2.34. The van der Waals surface area contributed by atoms with Crippen molar-refractivity contribution in [3.63, 3.8) is 0 Å². The zero-order valence-corrected chi connectivity index (χ0v) is 11.7. The Balaban J connectivity index is 2.28. The zero-order valence-electron chi connectivity index (χ0n) is 10.1. The van der Waals surface area contributed by atoms with Gasteiger partial charge in [0.25, 0.3) is 5.69 Å². The summed E-state index contributed by atoms with van der Waals surface area (Å²) in [4.78, 5) is 12.6. The molecule has 0 radical (unpaired) electrons. The smallest absolute Gasteiger partial charge is 0.292 e. The van der Waals surface area contributed by atoms with Crippen LogP contribution >= 0.6 is 15.9 Å². The van der Waals surface area contributed by atoms with Gasteiger partial charge in [-0.2, -0.15) is 0 Å². The van der Waals surface area contributed by atoms with Gasteiger partial charge < -0.3 is 10.0 Å². The fraction of sp³-hybridized carbons (Fsp3) is 0.500. The second-order valence-corrected chi connectivity index (χ2v) is 5.79. The molecule has 0 atom stereocenters. The zero-order chi connectivity index (χ0) is 13.3. The quantitative estimate of drug-likeness (QED) is 0.673. The molecule has 0 aliphatic carbocycles. The van der Waals surface area contributed by atoms with Crippen LogP contribution in [0, 0.1) is 10.1 Å². The van der Waals surface area contributed by atoms with Gasteiger partial charge in [0.05, 0.1) is 10.5 Å². The fourth-order valence-corrected chi connectivity index (χ4v) is 2.48. The van der Waals surface area contributed by atoms with Crippen molar-refractivity contribution < 1.29 is 10.0 Å². The number of rotatable bonds is 2. The van der Waals surface area contributed by atoms with Crippen LogP contribution < -0.4 is 4.90 Å². The molecule has 0 amide bonds. The first kappa shape index (κ1) is 13.3. The molecule has 0 aromatic heterocycles. The van der Waals surface area contributed by atoms with Gasteiger partial charge in [0.1, 0.15) is 5.69 Å². The molecule has 1 aromatic carbocycles. The van der Waals surface area contributed by atoms with E-state index in [4.69, 9.17) is 0 Å². The normalized spacial score (nSPS) is 18.7. The van der Waals surface area contributed by atoms with Gasteiger partial charge in [-0.25, -0.2) is 0 Å². The number of anilines is 1. The summed E-state index contributed by atoms with van der Waals surface area (Å²) in [6, 6.07) is 4.94. The van der Waals surface area contributed by atoms with Crippen molar-refractivity contribution in [2.75, 3.05) is 18.0 Å². The van der Waals surface area contributed by atoms with Gasteiger partial charge in [0.2, 0.25) is 0 Å². The first-order valence-corrected chi connectivity index (χ1v) is 6.60. The number of benzene rings is 1. The number of hydrogen-bond donors (Lipinski definition) is 1. The van der Waals surface area contributed by atoms with E-state index >= 15 is 0 Å². The lowest BCUT2D eigenvalue weighted by molar-refractivity contribution is -0.384. The minimum atomic E-state index is -0.655. The van der Waals surface area contributed by atoms with Crippen LogP contribution in [-0.2, 0) is 0 Å². The van der Waals surface area contributed by atoms with E-state index in [2.05, 4.69) is 15.9 Å². The van der Waals surface area contributed by atoms with E-state index < -0.39 is 5.60 Å². The number of aliphatic hydroxyl groups is 1. The van der Waals surface area contributed by atoms with E-state index in [-0.39, 0.29) is 10.6 Å². The molecule has 1 aliphatic heterocycles. The van der Waals surface area contributed by atoms with Crippen molar-refractivity contribution in [2.24, 2.45) is 0 Å². The Bertz CT molecular complexity index is 466. The summed E-state index contributed by atoms with van der Waals surface area (Å²) < 4.78 is 0.820. The molecule has 1 saturated heterocycles. The van der Waals surface area contributed by atoms with Gasteiger partial charge in [0, 0.05) is 23.6 Å². The standard InChI is InChI=1S/C12H15BrN2O3/c1-12(16)4-6-14(7-5-12)11-8-9(13)2-3-10(11)15(17)18/h2-3,8,16H,4-7H2,1H3. The van der Waals surface area contributed by atoms with Crippen molar-refractivity contribution in [2.45, 2.75) is 25.4 Å². The van der Waals surface area contributed by atoms with Crippen LogP contribution in [0.4, 0.5) is 11.4 Å². The maximum atomic E-state index is 11.0. The number of nitro groups is 1. The highest BCUT2D eigenvalue weighted by Gasteiger charge is 2.30.